The van der Waals surface area contributed by atoms with Gasteiger partial charge in [0, 0.05) is 28.5 Å². The second kappa shape index (κ2) is 6.61. The molecule has 6 nitrogen and oxygen atoms in total. The summed E-state index contributed by atoms with van der Waals surface area (Å²) in [5.41, 5.74) is 0.407. The molecule has 4 rings (SSSR count). The monoisotopic (exact) mass is 392 g/mol. The van der Waals surface area contributed by atoms with Crippen LogP contribution in [0.15, 0.2) is 81.9 Å². The Morgan fingerprint density at radius 1 is 0.714 bits per heavy atom. The lowest BCUT2D eigenvalue weighted by Gasteiger charge is -2.09. The van der Waals surface area contributed by atoms with Gasteiger partial charge in [0.2, 0.25) is 0 Å². The van der Waals surface area contributed by atoms with E-state index in [0.29, 0.717) is 16.2 Å². The molecule has 7 heteroatoms. The zero-order valence-corrected chi connectivity index (χ0v) is 15.7. The summed E-state index contributed by atoms with van der Waals surface area (Å²) in [5, 5.41) is 31.5. The van der Waals surface area contributed by atoms with Crippen LogP contribution < -0.4 is 0 Å². The van der Waals surface area contributed by atoms with E-state index >= 15 is 0 Å². The maximum atomic E-state index is 12.1. The number of fused-ring (bicyclic) bond motifs is 2. The molecule has 0 aliphatic heterocycles. The van der Waals surface area contributed by atoms with Crippen LogP contribution in [0.5, 0.6) is 11.5 Å². The number of nitrogens with zero attached hydrogens (tertiary/aromatic N) is 2. The third-order valence-corrected chi connectivity index (χ3v) is 5.62. The predicted octanol–water partition coefficient (Wildman–Crippen LogP) is 5.22. The molecule has 0 spiro atoms. The predicted molar refractivity (Wildman–Crippen MR) is 109 cm³/mol. The van der Waals surface area contributed by atoms with Crippen molar-refractivity contribution in [3.8, 4) is 11.5 Å². The SMILES string of the molecule is CS(=O)(=O)c1cc(O)c(N=Nc2c(O)ccc3ccccc23)c2ccccc12. The Kier molecular flexibility index (Phi) is 4.24. The van der Waals surface area contributed by atoms with Gasteiger partial charge in [0.25, 0.3) is 0 Å². The van der Waals surface area contributed by atoms with Crippen LogP contribution in [0.3, 0.4) is 0 Å². The fraction of sp³-hybridized carbons (Fsp3) is 0.0476. The lowest BCUT2D eigenvalue weighted by Crippen LogP contribution is -1.98. The molecule has 0 atom stereocenters. The van der Waals surface area contributed by atoms with Crippen LogP contribution in [0, 0.1) is 0 Å². The fourth-order valence-electron chi connectivity index (χ4n) is 3.17. The summed E-state index contributed by atoms with van der Waals surface area (Å²) < 4.78 is 24.2. The third-order valence-electron chi connectivity index (χ3n) is 4.49. The van der Waals surface area contributed by atoms with Crippen molar-refractivity contribution < 1.29 is 18.6 Å². The molecular formula is C21H16N2O4S. The Labute approximate surface area is 161 Å². The molecule has 140 valence electrons. The van der Waals surface area contributed by atoms with Gasteiger partial charge in [-0.25, -0.2) is 8.42 Å². The first-order chi connectivity index (χ1) is 13.4. The van der Waals surface area contributed by atoms with Gasteiger partial charge in [-0.2, -0.15) is 0 Å². The highest BCUT2D eigenvalue weighted by Crippen LogP contribution is 2.42. The number of sulfone groups is 1. The minimum Gasteiger partial charge on any atom is -0.506 e. The highest BCUT2D eigenvalue weighted by atomic mass is 32.2. The minimum atomic E-state index is -3.54. The molecule has 0 fully saturated rings. The van der Waals surface area contributed by atoms with Gasteiger partial charge >= 0.3 is 0 Å². The van der Waals surface area contributed by atoms with Crippen LogP contribution in [-0.2, 0) is 9.84 Å². The van der Waals surface area contributed by atoms with Crippen LogP contribution in [0.1, 0.15) is 0 Å². The fourth-order valence-corrected chi connectivity index (χ4v) is 4.08. The maximum absolute atomic E-state index is 12.1. The molecule has 0 aliphatic carbocycles. The molecule has 0 heterocycles. The number of rotatable bonds is 3. The van der Waals surface area contributed by atoms with Crippen LogP contribution >= 0.6 is 0 Å². The Morgan fingerprint density at radius 3 is 1.96 bits per heavy atom. The van der Waals surface area contributed by atoms with Crippen LogP contribution in [-0.4, -0.2) is 24.9 Å². The Morgan fingerprint density at radius 2 is 1.29 bits per heavy atom. The number of hydrogen-bond donors (Lipinski definition) is 2. The van der Waals surface area contributed by atoms with Gasteiger partial charge in [0.05, 0.1) is 4.90 Å². The van der Waals surface area contributed by atoms with Gasteiger partial charge in [0.1, 0.15) is 22.9 Å². The second-order valence-electron chi connectivity index (χ2n) is 6.41. The van der Waals surface area contributed by atoms with Crippen LogP contribution in [0.4, 0.5) is 11.4 Å². The first-order valence-corrected chi connectivity index (χ1v) is 10.3. The van der Waals surface area contributed by atoms with Crippen molar-refractivity contribution in [1.29, 1.82) is 0 Å². The highest BCUT2D eigenvalue weighted by Gasteiger charge is 2.18. The van der Waals surface area contributed by atoms with E-state index in [1.807, 2.05) is 24.3 Å². The Hall–Kier alpha value is -3.45. The number of azo groups is 1. The van der Waals surface area contributed by atoms with Crippen LogP contribution in [0.25, 0.3) is 21.5 Å². The summed E-state index contributed by atoms with van der Waals surface area (Å²) in [5.74, 6) is -0.346. The van der Waals surface area contributed by atoms with Crippen molar-refractivity contribution in [2.45, 2.75) is 4.90 Å². The normalized spacial score (nSPS) is 12.2. The molecular weight excluding hydrogens is 376 g/mol. The van der Waals surface area contributed by atoms with E-state index in [1.165, 1.54) is 12.1 Å². The van der Waals surface area contributed by atoms with Gasteiger partial charge in [-0.05, 0) is 11.5 Å². The molecule has 0 amide bonds. The van der Waals surface area contributed by atoms with Crippen molar-refractivity contribution in [3.05, 3.63) is 66.7 Å². The van der Waals surface area contributed by atoms with E-state index in [1.54, 1.807) is 30.3 Å². The molecule has 0 aromatic heterocycles. The van der Waals surface area contributed by atoms with E-state index in [0.717, 1.165) is 11.6 Å². The Balaban J connectivity index is 1.95. The molecule has 0 bridgehead atoms. The quantitative estimate of drug-likeness (QED) is 0.467. The molecule has 0 aliphatic rings. The number of hydrogen-bond acceptors (Lipinski definition) is 6. The van der Waals surface area contributed by atoms with Gasteiger partial charge in [0.15, 0.2) is 9.84 Å². The third kappa shape index (κ3) is 3.05. The van der Waals surface area contributed by atoms with Crippen molar-refractivity contribution in [1.82, 2.24) is 0 Å². The van der Waals surface area contributed by atoms with E-state index in [2.05, 4.69) is 10.2 Å². The number of phenolic OH excluding ortho intramolecular Hbond substituents is 2. The zero-order chi connectivity index (χ0) is 19.9. The maximum Gasteiger partial charge on any atom is 0.176 e. The summed E-state index contributed by atoms with van der Waals surface area (Å²) in [6.45, 7) is 0. The van der Waals surface area contributed by atoms with Crippen LogP contribution in [0.2, 0.25) is 0 Å². The minimum absolute atomic E-state index is 0.0209. The largest absolute Gasteiger partial charge is 0.506 e. The number of benzene rings is 4. The molecule has 0 saturated carbocycles. The van der Waals surface area contributed by atoms with Crippen molar-refractivity contribution in [2.75, 3.05) is 6.26 Å². The number of aromatic hydroxyl groups is 2. The van der Waals surface area contributed by atoms with Crippen molar-refractivity contribution in [3.63, 3.8) is 0 Å². The van der Waals surface area contributed by atoms with E-state index in [4.69, 9.17) is 0 Å². The lowest BCUT2D eigenvalue weighted by atomic mass is 10.1. The van der Waals surface area contributed by atoms with Gasteiger partial charge in [-0.15, -0.1) is 10.2 Å². The summed E-state index contributed by atoms with van der Waals surface area (Å²) >= 11 is 0. The standard InChI is InChI=1S/C21H16N2O4S/c1-28(26,27)19-12-18(25)21(16-9-5-4-8-15(16)19)23-22-20-14-7-3-2-6-13(14)10-11-17(20)24/h2-12,24-25H,1H3. The molecule has 0 unspecified atom stereocenters. The van der Waals surface area contributed by atoms with E-state index in [9.17, 15) is 18.6 Å². The summed E-state index contributed by atoms with van der Waals surface area (Å²) in [4.78, 5) is 0.0209. The average Bonchev–Trinajstić information content (AvgIpc) is 2.67. The Bertz CT molecular complexity index is 1360. The van der Waals surface area contributed by atoms with Gasteiger partial charge in [-0.3, -0.25) is 0 Å². The van der Waals surface area contributed by atoms with Crippen molar-refractivity contribution >= 4 is 42.8 Å². The molecule has 0 saturated heterocycles. The van der Waals surface area contributed by atoms with E-state index < -0.39 is 9.84 Å². The first-order valence-electron chi connectivity index (χ1n) is 8.43. The van der Waals surface area contributed by atoms with Gasteiger partial charge in [-0.1, -0.05) is 54.6 Å². The smallest absolute Gasteiger partial charge is 0.176 e. The first kappa shape index (κ1) is 17.9. The molecule has 4 aromatic rings. The summed E-state index contributed by atoms with van der Waals surface area (Å²) in [7, 11) is -3.54. The molecule has 28 heavy (non-hydrogen) atoms. The summed E-state index contributed by atoms with van der Waals surface area (Å²) in [6, 6.07) is 18.6. The molecule has 0 radical (unpaired) electrons. The molecule has 4 aromatic carbocycles. The average molecular weight is 392 g/mol. The highest BCUT2D eigenvalue weighted by molar-refractivity contribution is 7.91. The van der Waals surface area contributed by atoms with Gasteiger partial charge < -0.3 is 10.2 Å². The topological polar surface area (TPSA) is 99.3 Å². The number of phenols is 2. The zero-order valence-electron chi connectivity index (χ0n) is 14.9. The summed E-state index contributed by atoms with van der Waals surface area (Å²) in [6.07, 6.45) is 1.09. The molecule has 2 N–H and O–H groups in total. The van der Waals surface area contributed by atoms with E-state index in [-0.39, 0.29) is 27.8 Å². The second-order valence-corrected chi connectivity index (χ2v) is 8.40. The lowest BCUT2D eigenvalue weighted by molar-refractivity contribution is 0.473. The van der Waals surface area contributed by atoms with Crippen molar-refractivity contribution in [2.24, 2.45) is 10.2 Å².